The molecule has 0 aliphatic heterocycles. The Balaban J connectivity index is 3.29. The van der Waals surface area contributed by atoms with Gasteiger partial charge in [0.15, 0.2) is 5.15 Å². The third kappa shape index (κ3) is 1.19. The van der Waals surface area contributed by atoms with Crippen LogP contribution in [0.2, 0.25) is 5.15 Å². The minimum Gasteiger partial charge on any atom is -0.383 e. The topological polar surface area (TPSA) is 67.6 Å². The number of hydrogen-bond donors (Lipinski definition) is 1. The molecule has 0 atom stereocenters. The molecule has 64 valence electrons. The summed E-state index contributed by atoms with van der Waals surface area (Å²) >= 11 is 5.33. The number of nitrogen functional groups attached to an aromatic ring is 1. The van der Waals surface area contributed by atoms with Gasteiger partial charge in [-0.2, -0.15) is 23.8 Å². The summed E-state index contributed by atoms with van der Waals surface area (Å²) in [6, 6.07) is 1.57. The minimum absolute atomic E-state index is 0.195. The van der Waals surface area contributed by atoms with E-state index in [1.807, 2.05) is 0 Å². The van der Waals surface area contributed by atoms with Crippen LogP contribution >= 0.6 is 11.6 Å². The van der Waals surface area contributed by atoms with Gasteiger partial charge in [-0.05, 0) is 0 Å². The molecule has 2 N–H and O–H groups in total. The van der Waals surface area contributed by atoms with Crippen LogP contribution < -0.4 is 5.73 Å². The zero-order valence-corrected chi connectivity index (χ0v) is 6.39. The Hall–Kier alpha value is -1.35. The number of nitriles is 1. The van der Waals surface area contributed by atoms with Crippen LogP contribution in [0.4, 0.5) is 14.6 Å². The van der Waals surface area contributed by atoms with E-state index in [9.17, 15) is 8.78 Å². The fraction of sp³-hybridized carbons (Fsp3) is 0.200. The summed E-state index contributed by atoms with van der Waals surface area (Å²) in [5, 5.41) is 11.2. The van der Waals surface area contributed by atoms with E-state index in [4.69, 9.17) is 22.6 Å². The van der Waals surface area contributed by atoms with Crippen LogP contribution in [0, 0.1) is 11.3 Å². The smallest absolute Gasteiger partial charge is 0.335 e. The lowest BCUT2D eigenvalue weighted by Gasteiger charge is -1.99. The highest BCUT2D eigenvalue weighted by molar-refractivity contribution is 6.30. The summed E-state index contributed by atoms with van der Waals surface area (Å²) in [5.41, 5.74) is 4.90. The first-order valence-electron chi connectivity index (χ1n) is 2.79. The van der Waals surface area contributed by atoms with Crippen LogP contribution in [-0.2, 0) is 0 Å². The van der Waals surface area contributed by atoms with Gasteiger partial charge < -0.3 is 5.73 Å². The van der Waals surface area contributed by atoms with Crippen molar-refractivity contribution in [3.05, 3.63) is 10.7 Å². The monoisotopic (exact) mass is 192 g/mol. The van der Waals surface area contributed by atoms with Crippen molar-refractivity contribution in [1.29, 1.82) is 5.26 Å². The van der Waals surface area contributed by atoms with Crippen molar-refractivity contribution < 1.29 is 8.78 Å². The fourth-order valence-electron chi connectivity index (χ4n) is 0.671. The molecule has 0 amide bonds. The maximum Gasteiger partial charge on any atom is 0.335 e. The van der Waals surface area contributed by atoms with Crippen LogP contribution in [0.25, 0.3) is 0 Å². The Morgan fingerprint density at radius 1 is 1.67 bits per heavy atom. The van der Waals surface area contributed by atoms with E-state index in [0.717, 1.165) is 0 Å². The molecule has 0 saturated heterocycles. The predicted molar refractivity (Wildman–Crippen MR) is 37.6 cm³/mol. The van der Waals surface area contributed by atoms with Gasteiger partial charge in [0.2, 0.25) is 0 Å². The maximum atomic E-state index is 12.0. The molecule has 0 aromatic carbocycles. The van der Waals surface area contributed by atoms with Crippen LogP contribution in [0.3, 0.4) is 0 Å². The van der Waals surface area contributed by atoms with Crippen molar-refractivity contribution in [2.24, 2.45) is 0 Å². The molecule has 0 spiro atoms. The number of nitrogens with two attached hydrogens (primary N) is 1. The van der Waals surface area contributed by atoms with Gasteiger partial charge in [-0.15, -0.1) is 0 Å². The standard InChI is InChI=1S/C5H3ClF2N4/c6-3-2(1-9)4(10)12(11-3)5(7)8/h5H,10H2. The van der Waals surface area contributed by atoms with Gasteiger partial charge >= 0.3 is 6.55 Å². The van der Waals surface area contributed by atoms with Crippen LogP contribution in [0.5, 0.6) is 0 Å². The minimum atomic E-state index is -2.88. The Labute approximate surface area is 71.1 Å². The lowest BCUT2D eigenvalue weighted by atomic mass is 10.4. The number of nitrogens with zero attached hydrogens (tertiary/aromatic N) is 3. The van der Waals surface area contributed by atoms with Gasteiger partial charge in [0.25, 0.3) is 0 Å². The molecule has 0 aliphatic carbocycles. The van der Waals surface area contributed by atoms with Gasteiger partial charge in [-0.1, -0.05) is 11.6 Å². The van der Waals surface area contributed by atoms with E-state index in [1.54, 1.807) is 6.07 Å². The lowest BCUT2D eigenvalue weighted by Crippen LogP contribution is -2.05. The van der Waals surface area contributed by atoms with Gasteiger partial charge in [-0.3, -0.25) is 0 Å². The molecular weight excluding hydrogens is 190 g/mol. The van der Waals surface area contributed by atoms with Crippen molar-refractivity contribution in [2.45, 2.75) is 6.55 Å². The molecule has 4 nitrogen and oxygen atoms in total. The molecule has 0 saturated carbocycles. The normalized spacial score (nSPS) is 10.2. The van der Waals surface area contributed by atoms with Gasteiger partial charge in [0.1, 0.15) is 17.5 Å². The quantitative estimate of drug-likeness (QED) is 0.731. The molecule has 12 heavy (non-hydrogen) atoms. The molecule has 1 rings (SSSR count). The highest BCUT2D eigenvalue weighted by Crippen LogP contribution is 2.24. The van der Waals surface area contributed by atoms with Crippen LogP contribution in [0.1, 0.15) is 12.1 Å². The SMILES string of the molecule is N#Cc1c(Cl)nn(C(F)F)c1N. The molecular formula is C5H3ClF2N4. The molecule has 0 bridgehead atoms. The number of aromatic nitrogens is 2. The summed E-state index contributed by atoms with van der Waals surface area (Å²) < 4.78 is 24.2. The summed E-state index contributed by atoms with van der Waals surface area (Å²) in [6.45, 7) is -2.88. The Morgan fingerprint density at radius 2 is 2.25 bits per heavy atom. The lowest BCUT2D eigenvalue weighted by molar-refractivity contribution is 0.0592. The maximum absolute atomic E-state index is 12.0. The first-order chi connectivity index (χ1) is 5.57. The van der Waals surface area contributed by atoms with Crippen molar-refractivity contribution in [3.8, 4) is 6.07 Å². The summed E-state index contributed by atoms with van der Waals surface area (Å²) in [6.07, 6.45) is 0. The Kier molecular flexibility index (Phi) is 2.15. The van der Waals surface area contributed by atoms with E-state index in [1.165, 1.54) is 0 Å². The third-order valence-corrected chi connectivity index (χ3v) is 1.47. The van der Waals surface area contributed by atoms with Crippen molar-refractivity contribution in [2.75, 3.05) is 5.73 Å². The molecule has 0 radical (unpaired) electrons. The van der Waals surface area contributed by atoms with Gasteiger partial charge in [0, 0.05) is 0 Å². The molecule has 1 aromatic heterocycles. The highest BCUT2D eigenvalue weighted by atomic mass is 35.5. The van der Waals surface area contributed by atoms with Crippen molar-refractivity contribution in [1.82, 2.24) is 9.78 Å². The molecule has 0 aliphatic rings. The van der Waals surface area contributed by atoms with E-state index in [0.29, 0.717) is 0 Å². The molecule has 0 fully saturated rings. The van der Waals surface area contributed by atoms with E-state index < -0.39 is 12.4 Å². The number of halogens is 3. The average Bonchev–Trinajstić information content (AvgIpc) is 2.27. The molecule has 7 heteroatoms. The van der Waals surface area contributed by atoms with Crippen molar-refractivity contribution >= 4 is 17.4 Å². The first-order valence-corrected chi connectivity index (χ1v) is 3.17. The predicted octanol–water partition coefficient (Wildman–Crippen LogP) is 1.39. The van der Waals surface area contributed by atoms with Crippen LogP contribution in [-0.4, -0.2) is 9.78 Å². The summed E-state index contributed by atoms with van der Waals surface area (Å²) in [5.74, 6) is -0.419. The second-order valence-corrected chi connectivity index (χ2v) is 2.24. The zero-order valence-electron chi connectivity index (χ0n) is 5.63. The van der Waals surface area contributed by atoms with E-state index in [2.05, 4.69) is 5.10 Å². The van der Waals surface area contributed by atoms with Crippen molar-refractivity contribution in [3.63, 3.8) is 0 Å². The second kappa shape index (κ2) is 2.95. The molecule has 1 heterocycles. The number of rotatable bonds is 1. The van der Waals surface area contributed by atoms with E-state index in [-0.39, 0.29) is 15.4 Å². The van der Waals surface area contributed by atoms with Crippen LogP contribution in [0.15, 0.2) is 0 Å². The third-order valence-electron chi connectivity index (χ3n) is 1.20. The molecule has 0 unspecified atom stereocenters. The number of hydrogen-bond acceptors (Lipinski definition) is 3. The average molecular weight is 193 g/mol. The van der Waals surface area contributed by atoms with Gasteiger partial charge in [0.05, 0.1) is 0 Å². The number of alkyl halides is 2. The second-order valence-electron chi connectivity index (χ2n) is 1.89. The zero-order chi connectivity index (χ0) is 9.30. The Morgan fingerprint density at radius 3 is 2.50 bits per heavy atom. The fourth-order valence-corrected chi connectivity index (χ4v) is 0.891. The number of anilines is 1. The Bertz CT molecular complexity index is 340. The summed E-state index contributed by atoms with van der Waals surface area (Å²) in [7, 11) is 0. The highest BCUT2D eigenvalue weighted by Gasteiger charge is 2.18. The largest absolute Gasteiger partial charge is 0.383 e. The van der Waals surface area contributed by atoms with E-state index >= 15 is 0 Å². The van der Waals surface area contributed by atoms with Gasteiger partial charge in [-0.25, -0.2) is 0 Å². The summed E-state index contributed by atoms with van der Waals surface area (Å²) in [4.78, 5) is 0. The first kappa shape index (κ1) is 8.74. The molecule has 1 aromatic rings.